The summed E-state index contributed by atoms with van der Waals surface area (Å²) in [5.74, 6) is -1.64. The Morgan fingerprint density at radius 2 is 1.72 bits per heavy atom. The van der Waals surface area contributed by atoms with Crippen molar-refractivity contribution in [3.05, 3.63) is 101 Å². The molecule has 0 saturated carbocycles. The third-order valence-corrected chi connectivity index (χ3v) is 6.94. The lowest BCUT2D eigenvalue weighted by Crippen LogP contribution is -2.49. The van der Waals surface area contributed by atoms with Crippen LogP contribution in [0, 0.1) is 17.0 Å². The number of amides is 1. The number of hydrogen-bond acceptors (Lipinski definition) is 4. The Bertz CT molecular complexity index is 1240. The standard InChI is InChI=1S/C32H39F2N3O2/c1-32(2,3)19-22-9-10-27-26(15-22)28(11-12-35-27)36-20-30(38)29(16-23-13-24(33)18-25(34)14-23)37-31(39)17-21-7-5-4-6-8-21/h4-10,13-15,18,28-30,35-36,38H,11-12,16-17,19-20H2,1-3H3,(H,37,39)/t28-,29-,30-/m0/s1. The van der Waals surface area contributed by atoms with Crippen molar-refractivity contribution in [2.75, 3.05) is 18.4 Å². The maximum Gasteiger partial charge on any atom is 0.224 e. The molecule has 1 aliphatic rings. The van der Waals surface area contributed by atoms with Gasteiger partial charge in [0.2, 0.25) is 5.91 Å². The van der Waals surface area contributed by atoms with E-state index in [2.05, 4.69) is 54.9 Å². The van der Waals surface area contributed by atoms with Gasteiger partial charge >= 0.3 is 0 Å². The van der Waals surface area contributed by atoms with Crippen LogP contribution < -0.4 is 16.0 Å². The first-order valence-electron chi connectivity index (χ1n) is 13.6. The highest BCUT2D eigenvalue weighted by Gasteiger charge is 2.26. The van der Waals surface area contributed by atoms with E-state index in [0.29, 0.717) is 5.56 Å². The van der Waals surface area contributed by atoms with Gasteiger partial charge in [-0.3, -0.25) is 4.79 Å². The number of nitrogens with one attached hydrogen (secondary N) is 3. The predicted molar refractivity (Wildman–Crippen MR) is 152 cm³/mol. The highest BCUT2D eigenvalue weighted by molar-refractivity contribution is 5.79. The largest absolute Gasteiger partial charge is 0.390 e. The van der Waals surface area contributed by atoms with Crippen LogP contribution in [-0.4, -0.2) is 36.2 Å². The van der Waals surface area contributed by atoms with Crippen molar-refractivity contribution in [3.63, 3.8) is 0 Å². The molecule has 0 aliphatic carbocycles. The molecule has 0 aromatic heterocycles. The Morgan fingerprint density at radius 3 is 2.41 bits per heavy atom. The molecule has 3 atom stereocenters. The number of carbonyl (C=O) groups is 1. The van der Waals surface area contributed by atoms with E-state index in [1.165, 1.54) is 17.7 Å². The molecule has 0 bridgehead atoms. The third kappa shape index (κ3) is 8.60. The van der Waals surface area contributed by atoms with Crippen LogP contribution in [0.3, 0.4) is 0 Å². The molecule has 3 aromatic carbocycles. The average molecular weight is 536 g/mol. The van der Waals surface area contributed by atoms with Crippen molar-refractivity contribution in [2.45, 2.75) is 64.6 Å². The van der Waals surface area contributed by atoms with Gasteiger partial charge in [-0.15, -0.1) is 0 Å². The van der Waals surface area contributed by atoms with Crippen LogP contribution in [-0.2, 0) is 24.1 Å². The van der Waals surface area contributed by atoms with Crippen molar-refractivity contribution < 1.29 is 18.7 Å². The monoisotopic (exact) mass is 535 g/mol. The summed E-state index contributed by atoms with van der Waals surface area (Å²) < 4.78 is 27.8. The Kier molecular flexibility index (Phi) is 9.36. The number of benzene rings is 3. The van der Waals surface area contributed by atoms with Gasteiger partial charge in [0.15, 0.2) is 0 Å². The van der Waals surface area contributed by atoms with Crippen molar-refractivity contribution >= 4 is 11.6 Å². The molecule has 0 fully saturated rings. The zero-order valence-electron chi connectivity index (χ0n) is 22.9. The van der Waals surface area contributed by atoms with E-state index in [1.54, 1.807) is 0 Å². The van der Waals surface area contributed by atoms with Crippen LogP contribution in [0.15, 0.2) is 66.7 Å². The summed E-state index contributed by atoms with van der Waals surface area (Å²) in [7, 11) is 0. The fourth-order valence-corrected chi connectivity index (χ4v) is 5.21. The molecule has 4 rings (SSSR count). The summed E-state index contributed by atoms with van der Waals surface area (Å²) in [6, 6.07) is 18.4. The minimum absolute atomic E-state index is 0.0307. The minimum Gasteiger partial charge on any atom is -0.390 e. The molecule has 1 amide bonds. The molecule has 0 spiro atoms. The Hall–Kier alpha value is -3.29. The summed E-state index contributed by atoms with van der Waals surface area (Å²) >= 11 is 0. The van der Waals surface area contributed by atoms with Crippen molar-refractivity contribution in [3.8, 4) is 0 Å². The van der Waals surface area contributed by atoms with Gasteiger partial charge in [0.05, 0.1) is 18.6 Å². The van der Waals surface area contributed by atoms with Crippen molar-refractivity contribution in [1.82, 2.24) is 10.6 Å². The molecule has 7 heteroatoms. The van der Waals surface area contributed by atoms with E-state index in [4.69, 9.17) is 0 Å². The van der Waals surface area contributed by atoms with E-state index >= 15 is 0 Å². The molecule has 0 radical (unpaired) electrons. The second-order valence-electron chi connectivity index (χ2n) is 11.7. The number of aliphatic hydroxyl groups excluding tert-OH is 1. The van der Waals surface area contributed by atoms with Crippen molar-refractivity contribution in [2.24, 2.45) is 5.41 Å². The Morgan fingerprint density at radius 1 is 1.00 bits per heavy atom. The lowest BCUT2D eigenvalue weighted by Gasteiger charge is -2.31. The van der Waals surface area contributed by atoms with E-state index < -0.39 is 23.8 Å². The molecular weight excluding hydrogens is 496 g/mol. The topological polar surface area (TPSA) is 73.4 Å². The van der Waals surface area contributed by atoms with E-state index in [9.17, 15) is 18.7 Å². The normalized spacial score (nSPS) is 16.6. The second kappa shape index (κ2) is 12.7. The fourth-order valence-electron chi connectivity index (χ4n) is 5.21. The zero-order valence-corrected chi connectivity index (χ0v) is 22.9. The van der Waals surface area contributed by atoms with Gasteiger partial charge in [0.1, 0.15) is 11.6 Å². The first-order valence-corrected chi connectivity index (χ1v) is 13.6. The van der Waals surface area contributed by atoms with Gasteiger partial charge in [-0.1, -0.05) is 63.2 Å². The third-order valence-electron chi connectivity index (χ3n) is 6.94. The smallest absolute Gasteiger partial charge is 0.224 e. The van der Waals surface area contributed by atoms with Crippen LogP contribution in [0.4, 0.5) is 14.5 Å². The molecule has 0 saturated heterocycles. The highest BCUT2D eigenvalue weighted by Crippen LogP contribution is 2.32. The number of hydrogen-bond donors (Lipinski definition) is 4. The molecule has 0 unspecified atom stereocenters. The quantitative estimate of drug-likeness (QED) is 0.283. The Labute approximate surface area is 230 Å². The lowest BCUT2D eigenvalue weighted by molar-refractivity contribution is -0.122. The van der Waals surface area contributed by atoms with Crippen LogP contribution >= 0.6 is 0 Å². The van der Waals surface area contributed by atoms with Crippen LogP contribution in [0.25, 0.3) is 0 Å². The summed E-state index contributed by atoms with van der Waals surface area (Å²) in [6.07, 6.45) is 1.06. The predicted octanol–water partition coefficient (Wildman–Crippen LogP) is 5.33. The van der Waals surface area contributed by atoms with Crippen LogP contribution in [0.1, 0.15) is 55.5 Å². The number of rotatable bonds is 10. The number of aliphatic hydroxyl groups is 1. The van der Waals surface area contributed by atoms with E-state index in [-0.39, 0.29) is 36.8 Å². The molecule has 4 N–H and O–H groups in total. The van der Waals surface area contributed by atoms with Gasteiger partial charge in [-0.25, -0.2) is 8.78 Å². The van der Waals surface area contributed by atoms with E-state index in [1.807, 2.05) is 30.3 Å². The van der Waals surface area contributed by atoms with Gasteiger partial charge in [-0.05, 0) is 65.1 Å². The van der Waals surface area contributed by atoms with Crippen LogP contribution in [0.5, 0.6) is 0 Å². The van der Waals surface area contributed by atoms with Gasteiger partial charge in [0, 0.05) is 30.9 Å². The minimum atomic E-state index is -0.979. The van der Waals surface area contributed by atoms with E-state index in [0.717, 1.165) is 42.3 Å². The number of fused-ring (bicyclic) bond motifs is 1. The maximum absolute atomic E-state index is 13.9. The summed E-state index contributed by atoms with van der Waals surface area (Å²) in [6.45, 7) is 7.66. The Balaban J connectivity index is 1.47. The molecular formula is C32H39F2N3O2. The fraction of sp³-hybridized carbons (Fsp3) is 0.406. The summed E-state index contributed by atoms with van der Waals surface area (Å²) in [5.41, 5.74) is 4.88. The second-order valence-corrected chi connectivity index (χ2v) is 11.7. The number of carbonyl (C=O) groups excluding carboxylic acids is 1. The SMILES string of the molecule is CC(C)(C)Cc1ccc2c(c1)[C@@H](NC[C@H](O)[C@H](Cc1cc(F)cc(F)c1)NC(=O)Cc1ccccc1)CCN2. The summed E-state index contributed by atoms with van der Waals surface area (Å²) in [5, 5.41) is 21.1. The molecule has 39 heavy (non-hydrogen) atoms. The van der Waals surface area contributed by atoms with Gasteiger partial charge < -0.3 is 21.1 Å². The number of anilines is 1. The molecule has 5 nitrogen and oxygen atoms in total. The molecule has 1 aliphatic heterocycles. The van der Waals surface area contributed by atoms with Gasteiger partial charge in [0.25, 0.3) is 0 Å². The zero-order chi connectivity index (χ0) is 28.0. The summed E-state index contributed by atoms with van der Waals surface area (Å²) in [4.78, 5) is 12.9. The first-order chi connectivity index (χ1) is 18.6. The molecule has 1 heterocycles. The lowest BCUT2D eigenvalue weighted by atomic mass is 9.86. The maximum atomic E-state index is 13.9. The average Bonchev–Trinajstić information content (AvgIpc) is 2.86. The first kappa shape index (κ1) is 28.7. The molecule has 3 aromatic rings. The molecule has 208 valence electrons. The highest BCUT2D eigenvalue weighted by atomic mass is 19.1. The van der Waals surface area contributed by atoms with Crippen molar-refractivity contribution in [1.29, 1.82) is 0 Å². The van der Waals surface area contributed by atoms with Gasteiger partial charge in [-0.2, -0.15) is 0 Å². The van der Waals surface area contributed by atoms with Crippen LogP contribution in [0.2, 0.25) is 0 Å². The number of halogens is 2.